The predicted molar refractivity (Wildman–Crippen MR) is 38.7 cm³/mol. The standard InChI is InChI=1S/C7H9ClO/c1-6(5-8)3-4-7(2)9/h4H,5H2,1-2H3. The average Bonchev–Trinajstić information content (AvgIpc) is 1.83. The first kappa shape index (κ1) is 8.48. The topological polar surface area (TPSA) is 17.1 Å². The third kappa shape index (κ3) is 5.35. The van der Waals surface area contributed by atoms with E-state index in [9.17, 15) is 4.79 Å². The van der Waals surface area contributed by atoms with Crippen LogP contribution in [0.1, 0.15) is 13.8 Å². The summed E-state index contributed by atoms with van der Waals surface area (Å²) in [6.07, 6.45) is 1.39. The van der Waals surface area contributed by atoms with Gasteiger partial charge in [0.15, 0.2) is 5.78 Å². The Labute approximate surface area is 60.0 Å². The Bertz CT molecular complexity index is 164. The minimum Gasteiger partial charge on any atom is -0.294 e. The molecule has 9 heavy (non-hydrogen) atoms. The number of allylic oxidation sites excluding steroid dienone is 1. The zero-order valence-corrected chi connectivity index (χ0v) is 6.33. The Morgan fingerprint density at radius 1 is 1.67 bits per heavy atom. The van der Waals surface area contributed by atoms with Crippen molar-refractivity contribution >= 4 is 17.4 Å². The van der Waals surface area contributed by atoms with Gasteiger partial charge in [0.05, 0.1) is 5.88 Å². The van der Waals surface area contributed by atoms with Gasteiger partial charge in [0.2, 0.25) is 0 Å². The van der Waals surface area contributed by atoms with Gasteiger partial charge in [0.25, 0.3) is 0 Å². The van der Waals surface area contributed by atoms with Gasteiger partial charge in [0, 0.05) is 6.08 Å². The van der Waals surface area contributed by atoms with Crippen LogP contribution in [0.2, 0.25) is 0 Å². The molecule has 0 fully saturated rings. The molecule has 0 radical (unpaired) electrons. The summed E-state index contributed by atoms with van der Waals surface area (Å²) >= 11 is 5.40. The number of alkyl halides is 1. The highest BCUT2D eigenvalue weighted by Crippen LogP contribution is 1.91. The summed E-state index contributed by atoms with van der Waals surface area (Å²) in [5.74, 6) is 0.434. The normalized spacial score (nSPS) is 7.89. The lowest BCUT2D eigenvalue weighted by Crippen LogP contribution is -1.78. The van der Waals surface area contributed by atoms with Crippen LogP contribution in [-0.4, -0.2) is 11.7 Å². The second-order valence-corrected chi connectivity index (χ2v) is 2.08. The highest BCUT2D eigenvalue weighted by atomic mass is 35.5. The van der Waals surface area contributed by atoms with Gasteiger partial charge in [-0.1, -0.05) is 0 Å². The smallest absolute Gasteiger partial charge is 0.160 e. The van der Waals surface area contributed by atoms with Crippen molar-refractivity contribution in [3.05, 3.63) is 17.4 Å². The largest absolute Gasteiger partial charge is 0.294 e. The van der Waals surface area contributed by atoms with Gasteiger partial charge >= 0.3 is 0 Å². The van der Waals surface area contributed by atoms with Gasteiger partial charge in [-0.05, 0) is 19.4 Å². The van der Waals surface area contributed by atoms with E-state index in [0.717, 1.165) is 5.57 Å². The summed E-state index contributed by atoms with van der Waals surface area (Å²) < 4.78 is 0. The molecule has 0 aliphatic rings. The summed E-state index contributed by atoms with van der Waals surface area (Å²) in [5.41, 5.74) is 3.62. The second-order valence-electron chi connectivity index (χ2n) is 1.81. The lowest BCUT2D eigenvalue weighted by atomic mass is 10.3. The van der Waals surface area contributed by atoms with Crippen molar-refractivity contribution in [1.82, 2.24) is 0 Å². The molecule has 0 rings (SSSR count). The molecule has 1 nitrogen and oxygen atoms in total. The molecule has 0 bridgehead atoms. The van der Waals surface area contributed by atoms with Gasteiger partial charge in [-0.3, -0.25) is 4.79 Å². The van der Waals surface area contributed by atoms with Crippen LogP contribution >= 0.6 is 11.6 Å². The summed E-state index contributed by atoms with van der Waals surface area (Å²) in [6, 6.07) is 0. The molecule has 0 saturated carbocycles. The molecule has 0 aromatic carbocycles. The quantitative estimate of drug-likeness (QED) is 0.329. The van der Waals surface area contributed by atoms with Crippen molar-refractivity contribution < 1.29 is 4.79 Å². The number of hydrogen-bond acceptors (Lipinski definition) is 1. The fraction of sp³-hybridized carbons (Fsp3) is 0.429. The van der Waals surface area contributed by atoms with Crippen LogP contribution in [0.4, 0.5) is 0 Å². The molecule has 0 unspecified atom stereocenters. The van der Waals surface area contributed by atoms with Gasteiger partial charge < -0.3 is 0 Å². The molecule has 0 atom stereocenters. The van der Waals surface area contributed by atoms with Crippen LogP contribution in [0, 0.1) is 0 Å². The molecular weight excluding hydrogens is 136 g/mol. The van der Waals surface area contributed by atoms with Crippen molar-refractivity contribution in [2.24, 2.45) is 0 Å². The lowest BCUT2D eigenvalue weighted by Gasteiger charge is -1.81. The Kier molecular flexibility index (Phi) is 4.12. The molecule has 2 heteroatoms. The van der Waals surface area contributed by atoms with E-state index in [1.165, 1.54) is 13.0 Å². The second kappa shape index (κ2) is 4.37. The molecule has 0 N–H and O–H groups in total. The first-order chi connectivity index (χ1) is 4.16. The Balaban J connectivity index is 4.08. The molecule has 50 valence electrons. The van der Waals surface area contributed by atoms with Crippen LogP contribution in [0.5, 0.6) is 0 Å². The Morgan fingerprint density at radius 3 is 2.56 bits per heavy atom. The van der Waals surface area contributed by atoms with Crippen molar-refractivity contribution in [3.63, 3.8) is 0 Å². The number of ketones is 1. The molecule has 0 aromatic rings. The van der Waals surface area contributed by atoms with E-state index >= 15 is 0 Å². The highest BCUT2D eigenvalue weighted by molar-refractivity contribution is 6.19. The van der Waals surface area contributed by atoms with Crippen LogP contribution < -0.4 is 0 Å². The van der Waals surface area contributed by atoms with Crippen LogP contribution in [0.15, 0.2) is 17.4 Å². The number of halogens is 1. The van der Waals surface area contributed by atoms with Gasteiger partial charge in [-0.15, -0.1) is 17.3 Å². The predicted octanol–water partition coefficient (Wildman–Crippen LogP) is 1.92. The number of carbonyl (C=O) groups excluding carboxylic acids is 1. The van der Waals surface area contributed by atoms with Gasteiger partial charge in [0.1, 0.15) is 0 Å². The third-order valence-electron chi connectivity index (χ3n) is 0.722. The molecule has 0 saturated heterocycles. The molecule has 0 heterocycles. The number of carbonyl (C=O) groups is 1. The van der Waals surface area contributed by atoms with Gasteiger partial charge in [-0.25, -0.2) is 0 Å². The van der Waals surface area contributed by atoms with Crippen LogP contribution in [0.25, 0.3) is 0 Å². The van der Waals surface area contributed by atoms with Crippen molar-refractivity contribution in [1.29, 1.82) is 0 Å². The molecular formula is C7H9ClO. The van der Waals surface area contributed by atoms with E-state index in [2.05, 4.69) is 5.73 Å². The van der Waals surface area contributed by atoms with E-state index in [-0.39, 0.29) is 5.78 Å². The minimum atomic E-state index is -0.000494. The van der Waals surface area contributed by atoms with E-state index in [1.54, 1.807) is 0 Å². The first-order valence-corrected chi connectivity index (χ1v) is 3.19. The zero-order valence-electron chi connectivity index (χ0n) is 5.57. The highest BCUT2D eigenvalue weighted by Gasteiger charge is 1.81. The Morgan fingerprint density at radius 2 is 2.22 bits per heavy atom. The fourth-order valence-corrected chi connectivity index (χ4v) is 0.341. The Hall–Kier alpha value is -0.520. The van der Waals surface area contributed by atoms with Crippen LogP contribution in [0.3, 0.4) is 0 Å². The van der Waals surface area contributed by atoms with Crippen molar-refractivity contribution in [2.45, 2.75) is 13.8 Å². The summed E-state index contributed by atoms with van der Waals surface area (Å²) in [4.78, 5) is 10.3. The van der Waals surface area contributed by atoms with Crippen molar-refractivity contribution in [3.8, 4) is 0 Å². The maximum absolute atomic E-state index is 10.3. The molecule has 0 aliphatic heterocycles. The maximum atomic E-state index is 10.3. The molecule has 0 spiro atoms. The monoisotopic (exact) mass is 144 g/mol. The third-order valence-corrected chi connectivity index (χ3v) is 1.12. The van der Waals surface area contributed by atoms with Crippen LogP contribution in [-0.2, 0) is 4.79 Å². The summed E-state index contributed by atoms with van der Waals surface area (Å²) in [5, 5.41) is 0. The minimum absolute atomic E-state index is 0.000494. The summed E-state index contributed by atoms with van der Waals surface area (Å²) in [7, 11) is 0. The van der Waals surface area contributed by atoms with E-state index < -0.39 is 0 Å². The molecule has 0 aliphatic carbocycles. The van der Waals surface area contributed by atoms with Crippen molar-refractivity contribution in [2.75, 3.05) is 5.88 Å². The van der Waals surface area contributed by atoms with Gasteiger partial charge in [-0.2, -0.15) is 0 Å². The first-order valence-electron chi connectivity index (χ1n) is 2.65. The molecule has 0 aromatic heterocycles. The summed E-state index contributed by atoms with van der Waals surface area (Å²) in [6.45, 7) is 3.31. The zero-order chi connectivity index (χ0) is 7.28. The maximum Gasteiger partial charge on any atom is 0.160 e. The number of hydrogen-bond donors (Lipinski definition) is 0. The fourth-order valence-electron chi connectivity index (χ4n) is 0.263. The number of rotatable bonds is 2. The average molecular weight is 145 g/mol. The van der Waals surface area contributed by atoms with E-state index in [4.69, 9.17) is 11.6 Å². The van der Waals surface area contributed by atoms with E-state index in [0.29, 0.717) is 5.88 Å². The SMILES string of the molecule is CC(=O)C=C=C(C)CCl. The lowest BCUT2D eigenvalue weighted by molar-refractivity contribution is -0.112. The van der Waals surface area contributed by atoms with E-state index in [1.807, 2.05) is 6.92 Å². The molecule has 0 amide bonds.